The predicted molar refractivity (Wildman–Crippen MR) is 73.9 cm³/mol. The Morgan fingerprint density at radius 1 is 1.26 bits per heavy atom. The molecule has 0 bridgehead atoms. The SMILES string of the molecule is CCCC(NCCOCC(F)F)c1ccc(Cl)cc1. The van der Waals surface area contributed by atoms with Crippen LogP contribution < -0.4 is 5.32 Å². The van der Waals surface area contributed by atoms with Crippen LogP contribution in [0.5, 0.6) is 0 Å². The van der Waals surface area contributed by atoms with Crippen molar-refractivity contribution in [2.45, 2.75) is 32.2 Å². The molecule has 1 rings (SSSR count). The first-order valence-corrected chi connectivity index (χ1v) is 6.86. The van der Waals surface area contributed by atoms with Gasteiger partial charge >= 0.3 is 0 Å². The van der Waals surface area contributed by atoms with Crippen LogP contribution in [0, 0.1) is 0 Å². The van der Waals surface area contributed by atoms with Crippen molar-refractivity contribution in [2.75, 3.05) is 19.8 Å². The van der Waals surface area contributed by atoms with E-state index >= 15 is 0 Å². The number of hydrogen-bond donors (Lipinski definition) is 1. The van der Waals surface area contributed by atoms with Gasteiger partial charge in [0, 0.05) is 17.6 Å². The van der Waals surface area contributed by atoms with Crippen molar-refractivity contribution >= 4 is 11.6 Å². The fraction of sp³-hybridized carbons (Fsp3) is 0.571. The summed E-state index contributed by atoms with van der Waals surface area (Å²) in [6.07, 6.45) is -0.378. The first kappa shape index (κ1) is 16.3. The minimum absolute atomic E-state index is 0.206. The molecule has 0 aliphatic heterocycles. The Balaban J connectivity index is 2.38. The number of halogens is 3. The van der Waals surface area contributed by atoms with E-state index in [1.54, 1.807) is 0 Å². The van der Waals surface area contributed by atoms with E-state index in [-0.39, 0.29) is 12.6 Å². The van der Waals surface area contributed by atoms with E-state index in [4.69, 9.17) is 16.3 Å². The van der Waals surface area contributed by atoms with Gasteiger partial charge in [-0.3, -0.25) is 0 Å². The third-order valence-corrected chi connectivity index (χ3v) is 2.98. The van der Waals surface area contributed by atoms with E-state index < -0.39 is 13.0 Å². The number of nitrogens with one attached hydrogen (secondary N) is 1. The Bertz CT molecular complexity index is 346. The van der Waals surface area contributed by atoms with Crippen LogP contribution in [0.1, 0.15) is 31.4 Å². The zero-order chi connectivity index (χ0) is 14.1. The maximum absolute atomic E-state index is 11.9. The van der Waals surface area contributed by atoms with Crippen LogP contribution in [-0.2, 0) is 4.74 Å². The fourth-order valence-electron chi connectivity index (χ4n) is 1.85. The van der Waals surface area contributed by atoms with Crippen LogP contribution in [0.15, 0.2) is 24.3 Å². The summed E-state index contributed by atoms with van der Waals surface area (Å²) >= 11 is 5.86. The van der Waals surface area contributed by atoms with Crippen LogP contribution in [0.25, 0.3) is 0 Å². The summed E-state index contributed by atoms with van der Waals surface area (Å²) in [5.74, 6) is 0. The quantitative estimate of drug-likeness (QED) is 0.693. The Morgan fingerprint density at radius 2 is 1.95 bits per heavy atom. The highest BCUT2D eigenvalue weighted by Gasteiger charge is 2.09. The molecule has 0 aromatic heterocycles. The average Bonchev–Trinajstić information content (AvgIpc) is 2.38. The van der Waals surface area contributed by atoms with Gasteiger partial charge in [-0.25, -0.2) is 8.78 Å². The van der Waals surface area contributed by atoms with E-state index in [1.165, 1.54) is 0 Å². The highest BCUT2D eigenvalue weighted by atomic mass is 35.5. The third kappa shape index (κ3) is 6.85. The van der Waals surface area contributed by atoms with Crippen LogP contribution in [0.3, 0.4) is 0 Å². The highest BCUT2D eigenvalue weighted by molar-refractivity contribution is 6.30. The highest BCUT2D eigenvalue weighted by Crippen LogP contribution is 2.20. The Labute approximate surface area is 118 Å². The van der Waals surface area contributed by atoms with Crippen molar-refractivity contribution < 1.29 is 13.5 Å². The molecular formula is C14H20ClF2NO. The molecule has 5 heteroatoms. The maximum Gasteiger partial charge on any atom is 0.261 e. The first-order valence-electron chi connectivity index (χ1n) is 6.48. The topological polar surface area (TPSA) is 21.3 Å². The van der Waals surface area contributed by atoms with Gasteiger partial charge in [-0.05, 0) is 24.1 Å². The summed E-state index contributed by atoms with van der Waals surface area (Å²) in [5, 5.41) is 4.02. The Kier molecular flexibility index (Phi) is 7.94. The maximum atomic E-state index is 11.9. The minimum Gasteiger partial charge on any atom is -0.374 e. The number of rotatable bonds is 9. The summed E-state index contributed by atoms with van der Waals surface area (Å²) < 4.78 is 28.6. The monoisotopic (exact) mass is 291 g/mol. The van der Waals surface area contributed by atoms with Gasteiger partial charge in [0.1, 0.15) is 6.61 Å². The van der Waals surface area contributed by atoms with Crippen molar-refractivity contribution in [2.24, 2.45) is 0 Å². The van der Waals surface area contributed by atoms with Crippen molar-refractivity contribution in [3.05, 3.63) is 34.9 Å². The van der Waals surface area contributed by atoms with Gasteiger partial charge in [-0.15, -0.1) is 0 Å². The standard InChI is InChI=1S/C14H20ClF2NO/c1-2-3-13(11-4-6-12(15)7-5-11)18-8-9-19-10-14(16)17/h4-7,13-14,18H,2-3,8-10H2,1H3. The van der Waals surface area contributed by atoms with Crippen molar-refractivity contribution in [1.82, 2.24) is 5.32 Å². The molecule has 2 nitrogen and oxygen atoms in total. The summed E-state index contributed by atoms with van der Waals surface area (Å²) in [6.45, 7) is 2.46. The lowest BCUT2D eigenvalue weighted by atomic mass is 10.0. The largest absolute Gasteiger partial charge is 0.374 e. The molecule has 0 fully saturated rings. The zero-order valence-corrected chi connectivity index (χ0v) is 11.8. The number of hydrogen-bond acceptors (Lipinski definition) is 2. The van der Waals surface area contributed by atoms with Crippen molar-refractivity contribution in [3.63, 3.8) is 0 Å². The van der Waals surface area contributed by atoms with Crippen LogP contribution in [-0.4, -0.2) is 26.2 Å². The summed E-state index contributed by atoms with van der Waals surface area (Å²) in [4.78, 5) is 0. The Morgan fingerprint density at radius 3 is 2.53 bits per heavy atom. The van der Waals surface area contributed by atoms with Crippen LogP contribution >= 0.6 is 11.6 Å². The molecule has 108 valence electrons. The van der Waals surface area contributed by atoms with Crippen molar-refractivity contribution in [3.8, 4) is 0 Å². The van der Waals surface area contributed by atoms with E-state index in [1.807, 2.05) is 24.3 Å². The molecule has 19 heavy (non-hydrogen) atoms. The predicted octanol–water partition coefficient (Wildman–Crippen LogP) is 4.05. The van der Waals surface area contributed by atoms with E-state index in [0.29, 0.717) is 11.6 Å². The Hall–Kier alpha value is -0.710. The lowest BCUT2D eigenvalue weighted by Gasteiger charge is -2.18. The molecular weight excluding hydrogens is 272 g/mol. The van der Waals surface area contributed by atoms with Gasteiger partial charge in [0.25, 0.3) is 6.43 Å². The van der Waals surface area contributed by atoms with Gasteiger partial charge < -0.3 is 10.1 Å². The van der Waals surface area contributed by atoms with Gasteiger partial charge in [0.15, 0.2) is 0 Å². The molecule has 0 heterocycles. The molecule has 1 aromatic rings. The molecule has 1 N–H and O–H groups in total. The number of ether oxygens (including phenoxy) is 1. The summed E-state index contributed by atoms with van der Waals surface area (Å²) in [5.41, 5.74) is 1.15. The molecule has 0 aliphatic rings. The minimum atomic E-state index is -2.40. The molecule has 0 spiro atoms. The normalized spacial score (nSPS) is 12.9. The second-order valence-corrected chi connectivity index (χ2v) is 4.75. The molecule has 0 saturated carbocycles. The fourth-order valence-corrected chi connectivity index (χ4v) is 1.97. The smallest absolute Gasteiger partial charge is 0.261 e. The molecule has 0 radical (unpaired) electrons. The van der Waals surface area contributed by atoms with E-state index in [9.17, 15) is 8.78 Å². The summed E-state index contributed by atoms with van der Waals surface area (Å²) in [7, 11) is 0. The van der Waals surface area contributed by atoms with Gasteiger partial charge in [-0.2, -0.15) is 0 Å². The van der Waals surface area contributed by atoms with E-state index in [2.05, 4.69) is 12.2 Å². The van der Waals surface area contributed by atoms with Gasteiger partial charge in [-0.1, -0.05) is 37.1 Å². The van der Waals surface area contributed by atoms with Gasteiger partial charge in [0.2, 0.25) is 0 Å². The first-order chi connectivity index (χ1) is 9.13. The van der Waals surface area contributed by atoms with Gasteiger partial charge in [0.05, 0.1) is 6.61 Å². The van der Waals surface area contributed by atoms with Crippen molar-refractivity contribution in [1.29, 1.82) is 0 Å². The molecule has 1 aromatic carbocycles. The second kappa shape index (κ2) is 9.23. The van der Waals surface area contributed by atoms with Crippen LogP contribution in [0.4, 0.5) is 8.78 Å². The average molecular weight is 292 g/mol. The third-order valence-electron chi connectivity index (χ3n) is 2.73. The number of benzene rings is 1. The van der Waals surface area contributed by atoms with E-state index in [0.717, 1.165) is 18.4 Å². The lowest BCUT2D eigenvalue weighted by Crippen LogP contribution is -2.26. The molecule has 0 saturated heterocycles. The number of alkyl halides is 2. The van der Waals surface area contributed by atoms with Crippen LogP contribution in [0.2, 0.25) is 5.02 Å². The second-order valence-electron chi connectivity index (χ2n) is 4.31. The molecule has 1 atom stereocenters. The summed E-state index contributed by atoms with van der Waals surface area (Å²) in [6, 6.07) is 7.88. The lowest BCUT2D eigenvalue weighted by molar-refractivity contribution is 0.0181. The zero-order valence-electron chi connectivity index (χ0n) is 11.0. The molecule has 0 aliphatic carbocycles. The molecule has 1 unspecified atom stereocenters. The molecule has 0 amide bonds.